The van der Waals surface area contributed by atoms with Crippen molar-refractivity contribution in [1.29, 1.82) is 0 Å². The second-order valence-corrected chi connectivity index (χ2v) is 5.71. The van der Waals surface area contributed by atoms with Crippen molar-refractivity contribution in [2.75, 3.05) is 6.54 Å². The third-order valence-corrected chi connectivity index (χ3v) is 3.76. The van der Waals surface area contributed by atoms with Gasteiger partial charge in [0.05, 0.1) is 5.56 Å². The Kier molecular flexibility index (Phi) is 6.62. The fourth-order valence-corrected chi connectivity index (χ4v) is 2.44. The number of rotatable bonds is 8. The third kappa shape index (κ3) is 5.99. The molecule has 0 unspecified atom stereocenters. The quantitative estimate of drug-likeness (QED) is 0.770. The van der Waals surface area contributed by atoms with Crippen molar-refractivity contribution in [2.24, 2.45) is 0 Å². The Morgan fingerprint density at radius 2 is 1.72 bits per heavy atom. The number of carbonyl (C=O) groups excluding carboxylic acids is 1. The molecule has 25 heavy (non-hydrogen) atoms. The molecule has 0 atom stereocenters. The third-order valence-electron chi connectivity index (χ3n) is 3.76. The lowest BCUT2D eigenvalue weighted by molar-refractivity contribution is -0.121. The first-order valence-corrected chi connectivity index (χ1v) is 7.98. The number of hydrogen-bond acceptors (Lipinski definition) is 2. The first-order valence-electron chi connectivity index (χ1n) is 7.98. The van der Waals surface area contributed by atoms with E-state index in [1.165, 1.54) is 12.1 Å². The number of nitrogens with one attached hydrogen (secondary N) is 1. The summed E-state index contributed by atoms with van der Waals surface area (Å²) in [6.07, 6.45) is 1.85. The van der Waals surface area contributed by atoms with Crippen molar-refractivity contribution in [3.8, 4) is 0 Å². The minimum atomic E-state index is -0.983. The minimum Gasteiger partial charge on any atom is -0.478 e. The van der Waals surface area contributed by atoms with E-state index < -0.39 is 17.6 Å². The van der Waals surface area contributed by atoms with Gasteiger partial charge >= 0.3 is 5.97 Å². The van der Waals surface area contributed by atoms with E-state index in [1.54, 1.807) is 12.1 Å². The van der Waals surface area contributed by atoms with Gasteiger partial charge in [-0.05, 0) is 54.7 Å². The zero-order valence-corrected chi connectivity index (χ0v) is 13.6. The highest BCUT2D eigenvalue weighted by molar-refractivity contribution is 5.87. The number of carbonyl (C=O) groups is 2. The predicted molar refractivity (Wildman–Crippen MR) is 89.4 cm³/mol. The van der Waals surface area contributed by atoms with Gasteiger partial charge < -0.3 is 10.4 Å². The molecule has 0 saturated carbocycles. The maximum absolute atomic E-state index is 13.1. The first-order chi connectivity index (χ1) is 12.0. The predicted octanol–water partition coefficient (Wildman–Crippen LogP) is 3.34. The van der Waals surface area contributed by atoms with E-state index in [1.807, 2.05) is 6.07 Å². The summed E-state index contributed by atoms with van der Waals surface area (Å²) in [6, 6.07) is 10.3. The maximum Gasteiger partial charge on any atom is 0.335 e. The molecule has 0 aliphatic carbocycles. The molecule has 0 saturated heterocycles. The van der Waals surface area contributed by atoms with Gasteiger partial charge in [0.2, 0.25) is 5.91 Å². The Bertz CT molecular complexity index is 762. The van der Waals surface area contributed by atoms with Crippen molar-refractivity contribution in [3.63, 3.8) is 0 Å². The lowest BCUT2D eigenvalue weighted by Crippen LogP contribution is -2.25. The smallest absolute Gasteiger partial charge is 0.335 e. The van der Waals surface area contributed by atoms with Crippen LogP contribution in [0.3, 0.4) is 0 Å². The van der Waals surface area contributed by atoms with E-state index >= 15 is 0 Å². The summed E-state index contributed by atoms with van der Waals surface area (Å²) in [7, 11) is 0. The number of aryl methyl sites for hydroxylation is 1. The topological polar surface area (TPSA) is 66.4 Å². The number of aromatic carboxylic acids is 1. The molecule has 0 bridgehead atoms. The van der Waals surface area contributed by atoms with E-state index in [9.17, 15) is 18.4 Å². The Hall–Kier alpha value is -2.76. The number of carboxylic acid groups (broad SMARTS) is 1. The molecule has 0 heterocycles. The maximum atomic E-state index is 13.1. The van der Waals surface area contributed by atoms with Crippen LogP contribution in [0.15, 0.2) is 42.5 Å². The number of halogens is 2. The molecule has 2 aromatic carbocycles. The van der Waals surface area contributed by atoms with Gasteiger partial charge in [0.15, 0.2) is 11.6 Å². The van der Waals surface area contributed by atoms with Gasteiger partial charge in [0, 0.05) is 13.0 Å². The Labute approximate surface area is 144 Å². The Morgan fingerprint density at radius 3 is 2.44 bits per heavy atom. The van der Waals surface area contributed by atoms with Crippen molar-refractivity contribution in [1.82, 2.24) is 5.32 Å². The zero-order chi connectivity index (χ0) is 18.2. The van der Waals surface area contributed by atoms with Gasteiger partial charge in [-0.2, -0.15) is 0 Å². The van der Waals surface area contributed by atoms with Gasteiger partial charge in [0.25, 0.3) is 0 Å². The number of amides is 1. The molecule has 2 rings (SSSR count). The van der Waals surface area contributed by atoms with Crippen LogP contribution >= 0.6 is 0 Å². The molecule has 2 aromatic rings. The number of hydrogen-bond donors (Lipinski definition) is 2. The van der Waals surface area contributed by atoms with Crippen molar-refractivity contribution >= 4 is 11.9 Å². The molecule has 0 radical (unpaired) electrons. The van der Waals surface area contributed by atoms with Crippen molar-refractivity contribution in [2.45, 2.75) is 25.7 Å². The van der Waals surface area contributed by atoms with Crippen LogP contribution in [0.2, 0.25) is 0 Å². The summed E-state index contributed by atoms with van der Waals surface area (Å²) in [5, 5.41) is 11.7. The fraction of sp³-hybridized carbons (Fsp3) is 0.263. The van der Waals surface area contributed by atoms with Crippen LogP contribution in [-0.2, 0) is 17.6 Å². The molecule has 6 heteroatoms. The Morgan fingerprint density at radius 1 is 0.960 bits per heavy atom. The van der Waals surface area contributed by atoms with Crippen LogP contribution in [0.1, 0.15) is 34.3 Å². The van der Waals surface area contributed by atoms with E-state index in [-0.39, 0.29) is 17.9 Å². The van der Waals surface area contributed by atoms with Crippen LogP contribution in [0.4, 0.5) is 8.78 Å². The van der Waals surface area contributed by atoms with E-state index in [0.717, 1.165) is 17.7 Å². The molecule has 0 spiro atoms. The van der Waals surface area contributed by atoms with Crippen molar-refractivity contribution in [3.05, 3.63) is 70.8 Å². The molecule has 1 amide bonds. The number of benzene rings is 2. The van der Waals surface area contributed by atoms with E-state index in [2.05, 4.69) is 5.32 Å². The van der Waals surface area contributed by atoms with Gasteiger partial charge in [-0.15, -0.1) is 0 Å². The second kappa shape index (κ2) is 8.92. The summed E-state index contributed by atoms with van der Waals surface area (Å²) >= 11 is 0. The lowest BCUT2D eigenvalue weighted by Gasteiger charge is -2.06. The summed E-state index contributed by atoms with van der Waals surface area (Å²) in [5.74, 6) is -2.88. The summed E-state index contributed by atoms with van der Waals surface area (Å²) < 4.78 is 25.9. The summed E-state index contributed by atoms with van der Waals surface area (Å²) in [4.78, 5) is 22.7. The number of carboxylic acids is 1. The standard InChI is InChI=1S/C19H19F2NO3/c20-16-8-7-13(12-17(16)21)4-2-6-18(23)22-10-9-14-3-1-5-15(11-14)19(24)25/h1,3,5,7-8,11-12H,2,4,6,9-10H2,(H,22,23)(H,24,25). The van der Waals surface area contributed by atoms with Crippen molar-refractivity contribution < 1.29 is 23.5 Å². The molecular formula is C19H19F2NO3. The van der Waals surface area contributed by atoms with Crippen LogP contribution in [-0.4, -0.2) is 23.5 Å². The molecule has 0 aromatic heterocycles. The summed E-state index contributed by atoms with van der Waals surface area (Å²) in [5.41, 5.74) is 1.70. The summed E-state index contributed by atoms with van der Waals surface area (Å²) in [6.45, 7) is 0.410. The molecule has 0 aliphatic rings. The average Bonchev–Trinajstić information content (AvgIpc) is 2.58. The minimum absolute atomic E-state index is 0.128. The van der Waals surface area contributed by atoms with Gasteiger partial charge in [0.1, 0.15) is 0 Å². The molecule has 0 aliphatic heterocycles. The van der Waals surface area contributed by atoms with Gasteiger partial charge in [-0.3, -0.25) is 4.79 Å². The average molecular weight is 347 g/mol. The lowest BCUT2D eigenvalue weighted by atomic mass is 10.1. The molecule has 4 nitrogen and oxygen atoms in total. The van der Waals surface area contributed by atoms with Gasteiger partial charge in [-0.25, -0.2) is 13.6 Å². The van der Waals surface area contributed by atoms with Crippen LogP contribution in [0.5, 0.6) is 0 Å². The van der Waals surface area contributed by atoms with E-state index in [0.29, 0.717) is 31.4 Å². The molecule has 0 fully saturated rings. The molecular weight excluding hydrogens is 328 g/mol. The second-order valence-electron chi connectivity index (χ2n) is 5.71. The van der Waals surface area contributed by atoms with Gasteiger partial charge in [-0.1, -0.05) is 18.2 Å². The van der Waals surface area contributed by atoms with Crippen LogP contribution < -0.4 is 5.32 Å². The first kappa shape index (κ1) is 18.6. The molecule has 2 N–H and O–H groups in total. The normalized spacial score (nSPS) is 10.5. The highest BCUT2D eigenvalue weighted by Crippen LogP contribution is 2.11. The van der Waals surface area contributed by atoms with Crippen LogP contribution in [0.25, 0.3) is 0 Å². The Balaban J connectivity index is 1.69. The monoisotopic (exact) mass is 347 g/mol. The highest BCUT2D eigenvalue weighted by Gasteiger charge is 2.06. The van der Waals surface area contributed by atoms with Crippen LogP contribution in [0, 0.1) is 11.6 Å². The van der Waals surface area contributed by atoms with E-state index in [4.69, 9.17) is 5.11 Å². The highest BCUT2D eigenvalue weighted by atomic mass is 19.2. The zero-order valence-electron chi connectivity index (χ0n) is 13.6. The SMILES string of the molecule is O=C(CCCc1ccc(F)c(F)c1)NCCc1cccc(C(=O)O)c1. The fourth-order valence-electron chi connectivity index (χ4n) is 2.44. The molecule has 132 valence electrons. The largest absolute Gasteiger partial charge is 0.478 e.